The fraction of sp³-hybridized carbons (Fsp3) is 0.200. The molecule has 0 radical (unpaired) electrons. The van der Waals surface area contributed by atoms with Gasteiger partial charge in [-0.05, 0) is 19.1 Å². The van der Waals surface area contributed by atoms with E-state index in [1.807, 2.05) is 24.3 Å². The third-order valence-corrected chi connectivity index (χ3v) is 2.54. The topological polar surface area (TPSA) is 60.9 Å². The smallest absolute Gasteiger partial charge is 0.247 e. The van der Waals surface area contributed by atoms with Crippen LogP contribution in [-0.2, 0) is 0 Å². The third-order valence-electron chi connectivity index (χ3n) is 2.15. The maximum Gasteiger partial charge on any atom is 0.247 e. The molecular weight excluding hydrogens is 258 g/mol. The number of fused-ring (bicyclic) bond motifs is 1. The molecule has 0 bridgehead atoms. The van der Waals surface area contributed by atoms with Gasteiger partial charge in [-0.2, -0.15) is 0 Å². The number of rotatable bonds is 1. The van der Waals surface area contributed by atoms with Crippen molar-refractivity contribution >= 4 is 38.8 Å². The molecule has 4 nitrogen and oxygen atoms in total. The predicted octanol–water partition coefficient (Wildman–Crippen LogP) is 2.04. The van der Waals surface area contributed by atoms with Crippen LogP contribution in [0, 0.1) is 0 Å². The molecule has 0 spiro atoms. The molecule has 0 saturated heterocycles. The summed E-state index contributed by atoms with van der Waals surface area (Å²) in [5.41, 5.74) is 7.18. The molecule has 1 unspecified atom stereocenters. The fourth-order valence-corrected chi connectivity index (χ4v) is 1.66. The average Bonchev–Trinajstić information content (AvgIpc) is 2.52. The van der Waals surface area contributed by atoms with Crippen LogP contribution in [0.5, 0.6) is 0 Å². The number of para-hydroxylation sites is 2. The highest BCUT2D eigenvalue weighted by Crippen LogP contribution is 2.19. The number of carbonyl (C=O) groups is 1. The molecule has 0 fully saturated rings. The van der Waals surface area contributed by atoms with Gasteiger partial charge in [0, 0.05) is 0 Å². The van der Waals surface area contributed by atoms with E-state index in [1.54, 1.807) is 6.92 Å². The highest BCUT2D eigenvalue weighted by atomic mass is 79.9. The number of benzene rings is 1. The summed E-state index contributed by atoms with van der Waals surface area (Å²) in [5.74, 6) is 0.119. The van der Waals surface area contributed by atoms with Gasteiger partial charge in [0.25, 0.3) is 0 Å². The Morgan fingerprint density at radius 2 is 2.20 bits per heavy atom. The minimum atomic E-state index is -0.280. The van der Waals surface area contributed by atoms with Crippen molar-refractivity contribution in [2.75, 3.05) is 5.73 Å². The van der Waals surface area contributed by atoms with Crippen LogP contribution in [0.2, 0.25) is 0 Å². The zero-order chi connectivity index (χ0) is 11.0. The number of carbonyl (C=O) groups excluding carboxylic acids is 1. The van der Waals surface area contributed by atoms with Gasteiger partial charge in [-0.15, -0.1) is 0 Å². The minimum Gasteiger partial charge on any atom is -0.369 e. The Balaban J connectivity index is 2.69. The fourth-order valence-electron chi connectivity index (χ4n) is 1.45. The largest absolute Gasteiger partial charge is 0.369 e. The number of hydrogen-bond donors (Lipinski definition) is 1. The molecule has 0 aliphatic carbocycles. The zero-order valence-electron chi connectivity index (χ0n) is 8.14. The second-order valence-electron chi connectivity index (χ2n) is 3.25. The van der Waals surface area contributed by atoms with E-state index in [0.29, 0.717) is 0 Å². The van der Waals surface area contributed by atoms with Gasteiger partial charge >= 0.3 is 0 Å². The summed E-state index contributed by atoms with van der Waals surface area (Å²) < 4.78 is 1.43. The molecule has 5 heteroatoms. The van der Waals surface area contributed by atoms with Crippen molar-refractivity contribution in [3.63, 3.8) is 0 Å². The Morgan fingerprint density at radius 1 is 1.53 bits per heavy atom. The molecule has 15 heavy (non-hydrogen) atoms. The summed E-state index contributed by atoms with van der Waals surface area (Å²) in [6.07, 6.45) is 0. The summed E-state index contributed by atoms with van der Waals surface area (Å²) in [6, 6.07) is 7.37. The summed E-state index contributed by atoms with van der Waals surface area (Å²) >= 11 is 3.23. The van der Waals surface area contributed by atoms with Crippen molar-refractivity contribution in [2.24, 2.45) is 0 Å². The molecule has 0 aliphatic rings. The lowest BCUT2D eigenvalue weighted by Gasteiger charge is -2.05. The molecule has 2 aromatic rings. The number of nitrogen functional groups attached to an aromatic ring is 1. The first-order valence-corrected chi connectivity index (χ1v) is 5.44. The predicted molar refractivity (Wildman–Crippen MR) is 63.2 cm³/mol. The standard InChI is InChI=1S/C10H10BrN3O/c1-6(11)9(15)14-8-5-3-2-4-7(8)13-10(14)12/h2-6H,1H3,(H2,12,13). The monoisotopic (exact) mass is 267 g/mol. The lowest BCUT2D eigenvalue weighted by Crippen LogP contribution is -2.20. The van der Waals surface area contributed by atoms with Crippen molar-refractivity contribution in [1.29, 1.82) is 0 Å². The molecule has 1 heterocycles. The van der Waals surface area contributed by atoms with Crippen molar-refractivity contribution in [3.05, 3.63) is 24.3 Å². The number of aromatic nitrogens is 2. The molecule has 2 rings (SSSR count). The van der Waals surface area contributed by atoms with E-state index in [0.717, 1.165) is 11.0 Å². The summed E-state index contributed by atoms with van der Waals surface area (Å²) in [7, 11) is 0. The number of hydrogen-bond acceptors (Lipinski definition) is 3. The minimum absolute atomic E-state index is 0.110. The van der Waals surface area contributed by atoms with Crippen molar-refractivity contribution in [3.8, 4) is 0 Å². The molecule has 1 atom stereocenters. The summed E-state index contributed by atoms with van der Waals surface area (Å²) in [5, 5.41) is 0. The second-order valence-corrected chi connectivity index (χ2v) is 4.62. The maximum absolute atomic E-state index is 11.8. The van der Waals surface area contributed by atoms with Gasteiger partial charge in [0.2, 0.25) is 11.9 Å². The van der Waals surface area contributed by atoms with E-state index in [2.05, 4.69) is 20.9 Å². The average molecular weight is 268 g/mol. The number of anilines is 1. The van der Waals surface area contributed by atoms with Crippen LogP contribution in [0.15, 0.2) is 24.3 Å². The second kappa shape index (κ2) is 3.66. The maximum atomic E-state index is 11.8. The first-order valence-electron chi connectivity index (χ1n) is 4.52. The molecule has 0 amide bonds. The van der Waals surface area contributed by atoms with Gasteiger partial charge < -0.3 is 5.73 Å². The highest BCUT2D eigenvalue weighted by Gasteiger charge is 2.17. The van der Waals surface area contributed by atoms with E-state index in [4.69, 9.17) is 5.73 Å². The Hall–Kier alpha value is -1.36. The van der Waals surface area contributed by atoms with Gasteiger partial charge in [-0.25, -0.2) is 9.55 Å². The number of halogens is 1. The Morgan fingerprint density at radius 3 is 2.87 bits per heavy atom. The van der Waals surface area contributed by atoms with Crippen LogP contribution < -0.4 is 5.73 Å². The Labute approximate surface area is 95.2 Å². The van der Waals surface area contributed by atoms with Crippen molar-refractivity contribution in [1.82, 2.24) is 9.55 Å². The number of alkyl halides is 1. The van der Waals surface area contributed by atoms with Gasteiger partial charge in [-0.1, -0.05) is 28.1 Å². The summed E-state index contributed by atoms with van der Waals surface area (Å²) in [4.78, 5) is 15.7. The molecule has 0 saturated carbocycles. The van der Waals surface area contributed by atoms with Gasteiger partial charge in [0.15, 0.2) is 0 Å². The normalized spacial score (nSPS) is 12.9. The van der Waals surface area contributed by atoms with Crippen molar-refractivity contribution < 1.29 is 4.79 Å². The zero-order valence-corrected chi connectivity index (χ0v) is 9.73. The number of imidazole rings is 1. The molecule has 1 aromatic carbocycles. The van der Waals surface area contributed by atoms with Crippen LogP contribution in [0.25, 0.3) is 11.0 Å². The van der Waals surface area contributed by atoms with Crippen LogP contribution in [-0.4, -0.2) is 20.3 Å². The van der Waals surface area contributed by atoms with E-state index in [9.17, 15) is 4.79 Å². The van der Waals surface area contributed by atoms with E-state index >= 15 is 0 Å². The Bertz CT molecular complexity index is 518. The molecule has 1 aromatic heterocycles. The quantitative estimate of drug-likeness (QED) is 0.805. The van der Waals surface area contributed by atoms with Crippen LogP contribution >= 0.6 is 15.9 Å². The Kier molecular flexibility index (Phi) is 2.48. The molecule has 0 aliphatic heterocycles. The van der Waals surface area contributed by atoms with E-state index in [1.165, 1.54) is 4.57 Å². The molecule has 78 valence electrons. The molecular formula is C10H10BrN3O. The molecule has 2 N–H and O–H groups in total. The van der Waals surface area contributed by atoms with E-state index in [-0.39, 0.29) is 16.7 Å². The van der Waals surface area contributed by atoms with Gasteiger partial charge in [0.1, 0.15) is 0 Å². The van der Waals surface area contributed by atoms with E-state index < -0.39 is 0 Å². The van der Waals surface area contributed by atoms with Gasteiger partial charge in [0.05, 0.1) is 15.9 Å². The SMILES string of the molecule is CC(Br)C(=O)n1c(N)nc2ccccc21. The van der Waals surface area contributed by atoms with Gasteiger partial charge in [-0.3, -0.25) is 4.79 Å². The lowest BCUT2D eigenvalue weighted by atomic mass is 10.3. The third kappa shape index (κ3) is 1.63. The number of nitrogens with zero attached hydrogens (tertiary/aromatic N) is 2. The van der Waals surface area contributed by atoms with Crippen LogP contribution in [0.3, 0.4) is 0 Å². The van der Waals surface area contributed by atoms with Crippen LogP contribution in [0.4, 0.5) is 5.95 Å². The lowest BCUT2D eigenvalue weighted by molar-refractivity contribution is 0.0924. The number of nitrogens with two attached hydrogens (primary N) is 1. The summed E-state index contributed by atoms with van der Waals surface area (Å²) in [6.45, 7) is 1.76. The first-order chi connectivity index (χ1) is 7.11. The first kappa shape index (κ1) is 10.2. The highest BCUT2D eigenvalue weighted by molar-refractivity contribution is 9.10. The van der Waals surface area contributed by atoms with Crippen LogP contribution in [0.1, 0.15) is 11.7 Å². The van der Waals surface area contributed by atoms with Crippen molar-refractivity contribution in [2.45, 2.75) is 11.8 Å².